The van der Waals surface area contributed by atoms with Crippen molar-refractivity contribution in [2.75, 3.05) is 58.7 Å². The van der Waals surface area contributed by atoms with Crippen LogP contribution in [-0.4, -0.2) is 58.8 Å². The second-order valence-corrected chi connectivity index (χ2v) is 7.05. The Kier molecular flexibility index (Phi) is 9.40. The van der Waals surface area contributed by atoms with Gasteiger partial charge in [0, 0.05) is 31.5 Å². The van der Waals surface area contributed by atoms with Gasteiger partial charge in [-0.3, -0.25) is 0 Å². The summed E-state index contributed by atoms with van der Waals surface area (Å²) in [6.45, 7) is 5.36. The molecule has 152 valence electrons. The van der Waals surface area contributed by atoms with Crippen molar-refractivity contribution in [2.45, 2.75) is 0 Å². The van der Waals surface area contributed by atoms with E-state index in [-0.39, 0.29) is 6.61 Å². The number of benzene rings is 1. The molecule has 7 heteroatoms. The van der Waals surface area contributed by atoms with Crippen LogP contribution in [0.3, 0.4) is 0 Å². The number of aromatic nitrogens is 1. The lowest BCUT2D eigenvalue weighted by molar-refractivity contribution is 0.0319. The van der Waals surface area contributed by atoms with E-state index in [0.717, 1.165) is 26.9 Å². The molecule has 1 aromatic heterocycles. The maximum atomic E-state index is 11.9. The summed E-state index contributed by atoms with van der Waals surface area (Å²) in [6, 6.07) is 10.2. The van der Waals surface area contributed by atoms with Crippen molar-refractivity contribution >= 4 is 27.2 Å². The summed E-state index contributed by atoms with van der Waals surface area (Å²) >= 11 is 3.50. The second-order valence-electron chi connectivity index (χ2n) is 6.19. The number of rotatable bonds is 12. The van der Waals surface area contributed by atoms with E-state index in [4.69, 9.17) is 14.2 Å². The number of hydrogen-bond acceptors (Lipinski definition) is 5. The molecule has 0 saturated heterocycles. The van der Waals surface area contributed by atoms with E-state index in [1.807, 2.05) is 32.3 Å². The van der Waals surface area contributed by atoms with Gasteiger partial charge in [-0.05, 0) is 45.3 Å². The van der Waals surface area contributed by atoms with Gasteiger partial charge >= 0.3 is 0 Å². The molecule has 0 aliphatic carbocycles. The van der Waals surface area contributed by atoms with Gasteiger partial charge in [0.15, 0.2) is 0 Å². The Hall–Kier alpha value is -1.96. The number of pyridine rings is 1. The van der Waals surface area contributed by atoms with Crippen LogP contribution in [0, 0.1) is 0 Å². The van der Waals surface area contributed by atoms with Gasteiger partial charge < -0.3 is 19.1 Å². The second kappa shape index (κ2) is 11.8. The summed E-state index contributed by atoms with van der Waals surface area (Å²) in [5.74, 6) is 0.497. The SMILES string of the molecule is C=C(c1ccc(N(C)C)cc1)c1cnc(OCCOCCOCCF)c(Br)c1. The van der Waals surface area contributed by atoms with Crippen molar-refractivity contribution in [1.29, 1.82) is 0 Å². The van der Waals surface area contributed by atoms with Gasteiger partial charge in [0.25, 0.3) is 0 Å². The van der Waals surface area contributed by atoms with E-state index >= 15 is 0 Å². The van der Waals surface area contributed by atoms with Crippen molar-refractivity contribution in [3.05, 3.63) is 58.7 Å². The maximum Gasteiger partial charge on any atom is 0.228 e. The Morgan fingerprint density at radius 2 is 1.68 bits per heavy atom. The van der Waals surface area contributed by atoms with Crippen molar-refractivity contribution in [1.82, 2.24) is 4.98 Å². The zero-order chi connectivity index (χ0) is 20.4. The third kappa shape index (κ3) is 6.89. The lowest BCUT2D eigenvalue weighted by Gasteiger charge is -2.14. The van der Waals surface area contributed by atoms with Crippen LogP contribution in [0.25, 0.3) is 5.57 Å². The number of ether oxygens (including phenoxy) is 3. The zero-order valence-electron chi connectivity index (χ0n) is 16.3. The summed E-state index contributed by atoms with van der Waals surface area (Å²) in [7, 11) is 4.02. The van der Waals surface area contributed by atoms with Crippen LogP contribution < -0.4 is 9.64 Å². The number of nitrogens with zero attached hydrogens (tertiary/aromatic N) is 2. The minimum atomic E-state index is -0.480. The molecule has 2 rings (SSSR count). The van der Waals surface area contributed by atoms with E-state index in [1.54, 1.807) is 6.20 Å². The Morgan fingerprint density at radius 3 is 2.29 bits per heavy atom. The first-order valence-electron chi connectivity index (χ1n) is 8.99. The molecule has 0 radical (unpaired) electrons. The van der Waals surface area contributed by atoms with E-state index in [1.165, 1.54) is 0 Å². The average Bonchev–Trinajstić information content (AvgIpc) is 2.70. The van der Waals surface area contributed by atoms with E-state index in [9.17, 15) is 4.39 Å². The molecular formula is C21H26BrFN2O3. The Balaban J connectivity index is 1.85. The fraction of sp³-hybridized carbons (Fsp3) is 0.381. The fourth-order valence-corrected chi connectivity index (χ4v) is 2.86. The zero-order valence-corrected chi connectivity index (χ0v) is 17.9. The Morgan fingerprint density at radius 1 is 1.04 bits per heavy atom. The van der Waals surface area contributed by atoms with Gasteiger partial charge in [0.1, 0.15) is 13.3 Å². The summed E-state index contributed by atoms with van der Waals surface area (Å²) in [5, 5.41) is 0. The monoisotopic (exact) mass is 452 g/mol. The van der Waals surface area contributed by atoms with Crippen molar-refractivity contribution in [3.8, 4) is 5.88 Å². The lowest BCUT2D eigenvalue weighted by atomic mass is 10.0. The van der Waals surface area contributed by atoms with E-state index < -0.39 is 6.67 Å². The molecule has 0 N–H and O–H groups in total. The maximum absolute atomic E-state index is 11.9. The lowest BCUT2D eigenvalue weighted by Crippen LogP contribution is -2.12. The molecule has 0 saturated carbocycles. The molecule has 0 atom stereocenters. The quantitative estimate of drug-likeness (QED) is 0.447. The Labute approximate surface area is 174 Å². The molecule has 1 aromatic carbocycles. The standard InChI is InChI=1S/C21H26BrFN2O3/c1-16(17-4-6-19(7-5-17)25(2)3)18-14-20(22)21(24-15-18)28-13-12-27-11-10-26-9-8-23/h4-7,14-15H,1,8-13H2,2-3H3. The summed E-state index contributed by atoms with van der Waals surface area (Å²) in [4.78, 5) is 6.42. The van der Waals surface area contributed by atoms with Crippen molar-refractivity contribution < 1.29 is 18.6 Å². The number of hydrogen-bond donors (Lipinski definition) is 0. The summed E-state index contributed by atoms with van der Waals surface area (Å²) in [6.07, 6.45) is 1.74. The minimum Gasteiger partial charge on any atom is -0.474 e. The van der Waals surface area contributed by atoms with Crippen LogP contribution in [-0.2, 0) is 9.47 Å². The molecule has 0 aliphatic rings. The van der Waals surface area contributed by atoms with Gasteiger partial charge in [-0.25, -0.2) is 9.37 Å². The molecule has 0 amide bonds. The average molecular weight is 453 g/mol. The van der Waals surface area contributed by atoms with Crippen molar-refractivity contribution in [2.24, 2.45) is 0 Å². The topological polar surface area (TPSA) is 43.8 Å². The molecule has 28 heavy (non-hydrogen) atoms. The van der Waals surface area contributed by atoms with E-state index in [2.05, 4.69) is 44.5 Å². The van der Waals surface area contributed by atoms with Crippen LogP contribution in [0.5, 0.6) is 5.88 Å². The highest BCUT2D eigenvalue weighted by Crippen LogP contribution is 2.29. The molecule has 0 fully saturated rings. The largest absolute Gasteiger partial charge is 0.474 e. The number of alkyl halides is 1. The van der Waals surface area contributed by atoms with Crippen LogP contribution in [0.2, 0.25) is 0 Å². The summed E-state index contributed by atoms with van der Waals surface area (Å²) < 4.78 is 28.6. The fourth-order valence-electron chi connectivity index (χ4n) is 2.40. The smallest absolute Gasteiger partial charge is 0.228 e. The highest BCUT2D eigenvalue weighted by Gasteiger charge is 2.09. The molecule has 0 unspecified atom stereocenters. The first-order chi connectivity index (χ1) is 13.5. The molecule has 5 nitrogen and oxygen atoms in total. The predicted molar refractivity (Wildman–Crippen MR) is 114 cm³/mol. The van der Waals surface area contributed by atoms with Gasteiger partial charge in [-0.2, -0.15) is 0 Å². The normalized spacial score (nSPS) is 10.7. The highest BCUT2D eigenvalue weighted by atomic mass is 79.9. The van der Waals surface area contributed by atoms with Crippen LogP contribution in [0.4, 0.5) is 10.1 Å². The van der Waals surface area contributed by atoms with Crippen molar-refractivity contribution in [3.63, 3.8) is 0 Å². The molecular weight excluding hydrogens is 427 g/mol. The predicted octanol–water partition coefficient (Wildman–Crippen LogP) is 4.35. The van der Waals surface area contributed by atoms with Gasteiger partial charge in [-0.1, -0.05) is 18.7 Å². The first-order valence-corrected chi connectivity index (χ1v) is 9.79. The van der Waals surface area contributed by atoms with Crippen LogP contribution >= 0.6 is 15.9 Å². The number of anilines is 1. The highest BCUT2D eigenvalue weighted by molar-refractivity contribution is 9.10. The van der Waals surface area contributed by atoms with Gasteiger partial charge in [0.05, 0.1) is 30.9 Å². The van der Waals surface area contributed by atoms with Gasteiger partial charge in [0.2, 0.25) is 5.88 Å². The molecule has 1 heterocycles. The van der Waals surface area contributed by atoms with E-state index in [0.29, 0.717) is 32.3 Å². The van der Waals surface area contributed by atoms with Crippen LogP contribution in [0.15, 0.2) is 47.6 Å². The van der Waals surface area contributed by atoms with Crippen LogP contribution in [0.1, 0.15) is 11.1 Å². The first kappa shape index (κ1) is 22.3. The third-order valence-corrected chi connectivity index (χ3v) is 4.52. The number of halogens is 2. The molecule has 2 aromatic rings. The molecule has 0 spiro atoms. The minimum absolute atomic E-state index is 0.105. The van der Waals surface area contributed by atoms with Gasteiger partial charge in [-0.15, -0.1) is 0 Å². The third-order valence-electron chi connectivity index (χ3n) is 3.95. The summed E-state index contributed by atoms with van der Waals surface area (Å²) in [5.41, 5.74) is 3.98. The Bertz CT molecular complexity index is 754. The molecule has 0 aliphatic heterocycles. The molecule has 0 bridgehead atoms.